The molecule has 2 aromatic rings. The lowest BCUT2D eigenvalue weighted by Gasteiger charge is -2.26. The first-order valence-corrected chi connectivity index (χ1v) is 8.38. The zero-order valence-corrected chi connectivity index (χ0v) is 13.6. The molecule has 2 heterocycles. The predicted molar refractivity (Wildman–Crippen MR) is 85.5 cm³/mol. The van der Waals surface area contributed by atoms with Crippen LogP contribution in [0.25, 0.3) is 10.9 Å². The number of methoxy groups -OCH3 is 1. The monoisotopic (exact) mass is 360 g/mol. The van der Waals surface area contributed by atoms with E-state index in [0.717, 1.165) is 28.5 Å². The van der Waals surface area contributed by atoms with Crippen LogP contribution in [0.4, 0.5) is 13.2 Å². The molecule has 1 aromatic heterocycles. The number of alkyl halides is 3. The molecule has 1 aliphatic rings. The lowest BCUT2D eigenvalue weighted by Crippen LogP contribution is -2.45. The maximum Gasteiger partial charge on any atom is 0.416 e. The van der Waals surface area contributed by atoms with Crippen molar-refractivity contribution in [1.29, 1.82) is 0 Å². The van der Waals surface area contributed by atoms with Crippen LogP contribution in [0.2, 0.25) is 0 Å². The Bertz CT molecular complexity index is 882. The summed E-state index contributed by atoms with van der Waals surface area (Å²) < 4.78 is 45.0. The van der Waals surface area contributed by atoms with Crippen molar-refractivity contribution in [3.8, 4) is 0 Å². The van der Waals surface area contributed by atoms with Gasteiger partial charge >= 0.3 is 11.9 Å². The summed E-state index contributed by atoms with van der Waals surface area (Å²) in [5, 5.41) is -0.165. The van der Waals surface area contributed by atoms with Gasteiger partial charge in [-0.1, -0.05) is 0 Å². The summed E-state index contributed by atoms with van der Waals surface area (Å²) >= 11 is 1.64. The highest BCUT2D eigenvalue weighted by atomic mass is 32.2. The maximum atomic E-state index is 12.9. The van der Waals surface area contributed by atoms with Crippen molar-refractivity contribution in [1.82, 2.24) is 9.55 Å². The Balaban J connectivity index is 2.15. The minimum Gasteiger partial charge on any atom is -0.375 e. The van der Waals surface area contributed by atoms with Crippen molar-refractivity contribution in [2.45, 2.75) is 24.7 Å². The molecule has 1 N–H and O–H groups in total. The van der Waals surface area contributed by atoms with Crippen LogP contribution in [0.15, 0.2) is 27.8 Å². The highest BCUT2D eigenvalue weighted by Crippen LogP contribution is 2.32. The van der Waals surface area contributed by atoms with E-state index in [4.69, 9.17) is 4.74 Å². The molecule has 1 unspecified atom stereocenters. The maximum absolute atomic E-state index is 12.9. The Labute approximate surface area is 138 Å². The van der Waals surface area contributed by atoms with Gasteiger partial charge in [0.05, 0.1) is 28.6 Å². The first kappa shape index (κ1) is 17.1. The zero-order valence-electron chi connectivity index (χ0n) is 12.8. The second-order valence-electron chi connectivity index (χ2n) is 5.77. The van der Waals surface area contributed by atoms with Crippen molar-refractivity contribution in [2.24, 2.45) is 0 Å². The number of aromatic amines is 1. The molecule has 1 aliphatic heterocycles. The van der Waals surface area contributed by atoms with Gasteiger partial charge in [-0.25, -0.2) is 4.79 Å². The number of nitrogens with one attached hydrogen (secondary N) is 1. The average molecular weight is 360 g/mol. The standard InChI is InChI=1S/C15H15F3N2O3S/c1-23-14(4-5-24-8-14)7-20-12(21)10-6-9(15(16,17)18)2-3-11(10)19-13(20)22/h2-3,6H,4-5,7-8H2,1H3,(H,19,22). The molecule has 0 aliphatic carbocycles. The summed E-state index contributed by atoms with van der Waals surface area (Å²) in [6.07, 6.45) is -3.89. The minimum absolute atomic E-state index is 0.0108. The molecule has 9 heteroatoms. The van der Waals surface area contributed by atoms with Gasteiger partial charge in [-0.05, 0) is 30.4 Å². The van der Waals surface area contributed by atoms with E-state index < -0.39 is 28.6 Å². The fourth-order valence-electron chi connectivity index (χ4n) is 2.80. The number of halogens is 3. The Kier molecular flexibility index (Phi) is 4.25. The van der Waals surface area contributed by atoms with E-state index in [1.165, 1.54) is 7.11 Å². The number of fused-ring (bicyclic) bond motifs is 1. The van der Waals surface area contributed by atoms with Gasteiger partial charge in [-0.3, -0.25) is 9.36 Å². The SMILES string of the molecule is COC1(Cn2c(=O)[nH]c3ccc(C(F)(F)F)cc3c2=O)CCSC1. The normalized spacial score (nSPS) is 21.5. The number of hydrogen-bond donors (Lipinski definition) is 1. The van der Waals surface area contributed by atoms with Gasteiger partial charge in [-0.15, -0.1) is 0 Å². The highest BCUT2D eigenvalue weighted by molar-refractivity contribution is 7.99. The van der Waals surface area contributed by atoms with Crippen LogP contribution in [0, 0.1) is 0 Å². The minimum atomic E-state index is -4.56. The van der Waals surface area contributed by atoms with Gasteiger partial charge in [0.25, 0.3) is 5.56 Å². The molecule has 5 nitrogen and oxygen atoms in total. The topological polar surface area (TPSA) is 64.1 Å². The van der Waals surface area contributed by atoms with Crippen LogP contribution in [0.1, 0.15) is 12.0 Å². The number of H-pyrrole nitrogens is 1. The number of nitrogens with zero attached hydrogens (tertiary/aromatic N) is 1. The smallest absolute Gasteiger partial charge is 0.375 e. The van der Waals surface area contributed by atoms with Crippen molar-refractivity contribution in [2.75, 3.05) is 18.6 Å². The lowest BCUT2D eigenvalue weighted by atomic mass is 10.0. The van der Waals surface area contributed by atoms with E-state index >= 15 is 0 Å². The zero-order chi connectivity index (χ0) is 17.5. The van der Waals surface area contributed by atoms with Crippen LogP contribution in [-0.2, 0) is 17.5 Å². The largest absolute Gasteiger partial charge is 0.416 e. The number of rotatable bonds is 3. The van der Waals surface area contributed by atoms with Crippen LogP contribution in [0.3, 0.4) is 0 Å². The van der Waals surface area contributed by atoms with Crippen molar-refractivity contribution >= 4 is 22.7 Å². The van der Waals surface area contributed by atoms with Gasteiger partial charge in [0.15, 0.2) is 0 Å². The first-order valence-electron chi connectivity index (χ1n) is 7.23. The Hall–Kier alpha value is -1.74. The molecule has 1 atom stereocenters. The van der Waals surface area contributed by atoms with E-state index in [2.05, 4.69) is 4.98 Å². The van der Waals surface area contributed by atoms with Crippen molar-refractivity contribution in [3.05, 3.63) is 44.6 Å². The second-order valence-corrected chi connectivity index (χ2v) is 6.87. The Morgan fingerprint density at radius 1 is 1.38 bits per heavy atom. The fourth-order valence-corrected chi connectivity index (χ4v) is 4.18. The van der Waals surface area contributed by atoms with Gasteiger partial charge in [-0.2, -0.15) is 24.9 Å². The summed E-state index contributed by atoms with van der Waals surface area (Å²) in [5.74, 6) is 1.46. The van der Waals surface area contributed by atoms with Crippen LogP contribution in [-0.4, -0.2) is 33.8 Å². The summed E-state index contributed by atoms with van der Waals surface area (Å²) in [4.78, 5) is 27.3. The molecule has 1 fully saturated rings. The summed E-state index contributed by atoms with van der Waals surface area (Å²) in [5.41, 5.74) is -2.89. The summed E-state index contributed by atoms with van der Waals surface area (Å²) in [7, 11) is 1.51. The number of benzene rings is 1. The molecule has 0 radical (unpaired) electrons. The highest BCUT2D eigenvalue weighted by Gasteiger charge is 2.36. The fraction of sp³-hybridized carbons (Fsp3) is 0.467. The van der Waals surface area contributed by atoms with Gasteiger partial charge in [0, 0.05) is 12.9 Å². The number of hydrogen-bond acceptors (Lipinski definition) is 4. The molecular weight excluding hydrogens is 345 g/mol. The van der Waals surface area contributed by atoms with E-state index in [0.29, 0.717) is 12.2 Å². The third kappa shape index (κ3) is 2.98. The van der Waals surface area contributed by atoms with Crippen molar-refractivity contribution < 1.29 is 17.9 Å². The molecule has 0 bridgehead atoms. The molecule has 0 spiro atoms. The van der Waals surface area contributed by atoms with Crippen LogP contribution < -0.4 is 11.2 Å². The van der Waals surface area contributed by atoms with Crippen LogP contribution in [0.5, 0.6) is 0 Å². The molecular formula is C15H15F3N2O3S. The van der Waals surface area contributed by atoms with E-state index in [1.54, 1.807) is 11.8 Å². The van der Waals surface area contributed by atoms with E-state index in [9.17, 15) is 22.8 Å². The van der Waals surface area contributed by atoms with Crippen LogP contribution >= 0.6 is 11.8 Å². The van der Waals surface area contributed by atoms with Gasteiger partial charge < -0.3 is 9.72 Å². The number of thioether (sulfide) groups is 1. The van der Waals surface area contributed by atoms with E-state index in [1.807, 2.05) is 0 Å². The number of ether oxygens (including phenoxy) is 1. The lowest BCUT2D eigenvalue weighted by molar-refractivity contribution is -0.137. The third-order valence-corrected chi connectivity index (χ3v) is 5.48. The Morgan fingerprint density at radius 3 is 2.71 bits per heavy atom. The van der Waals surface area contributed by atoms with Gasteiger partial charge in [0.2, 0.25) is 0 Å². The molecule has 1 saturated heterocycles. The molecule has 1 aromatic carbocycles. The van der Waals surface area contributed by atoms with Gasteiger partial charge in [0.1, 0.15) is 0 Å². The molecule has 3 rings (SSSR count). The quantitative estimate of drug-likeness (QED) is 0.912. The molecule has 130 valence electrons. The average Bonchev–Trinajstić information content (AvgIpc) is 2.99. The first-order chi connectivity index (χ1) is 11.3. The predicted octanol–water partition coefficient (Wildman–Crippen LogP) is 2.23. The molecule has 0 amide bonds. The number of aromatic nitrogens is 2. The van der Waals surface area contributed by atoms with Crippen molar-refractivity contribution in [3.63, 3.8) is 0 Å². The Morgan fingerprint density at radius 2 is 2.12 bits per heavy atom. The summed E-state index contributed by atoms with van der Waals surface area (Å²) in [6.45, 7) is 0.0108. The third-order valence-electron chi connectivity index (χ3n) is 4.26. The summed E-state index contributed by atoms with van der Waals surface area (Å²) in [6, 6.07) is 2.71. The molecule has 24 heavy (non-hydrogen) atoms. The van der Waals surface area contributed by atoms with E-state index in [-0.39, 0.29) is 17.4 Å². The molecule has 0 saturated carbocycles. The second kappa shape index (κ2) is 5.96.